The summed E-state index contributed by atoms with van der Waals surface area (Å²) in [5.74, 6) is 0. The van der Waals surface area contributed by atoms with Gasteiger partial charge in [-0.25, -0.2) is 0 Å². The van der Waals surface area contributed by atoms with Crippen molar-refractivity contribution in [2.24, 2.45) is 0 Å². The maximum Gasteiger partial charge on any atom is 0.0197 e. The van der Waals surface area contributed by atoms with Gasteiger partial charge in [-0.15, -0.1) is 0 Å². The summed E-state index contributed by atoms with van der Waals surface area (Å²) in [6.45, 7) is 2.27. The zero-order valence-electron chi connectivity index (χ0n) is 9.14. The summed E-state index contributed by atoms with van der Waals surface area (Å²) in [6, 6.07) is 1.38. The van der Waals surface area contributed by atoms with Crippen LogP contribution in [0.25, 0.3) is 0 Å². The molecule has 3 nitrogen and oxygen atoms in total. The molecule has 78 valence electrons. The Labute approximate surface area is 81.9 Å². The Bertz CT molecular complexity index is 134. The van der Waals surface area contributed by atoms with Crippen LogP contribution in [0, 0.1) is 0 Å². The van der Waals surface area contributed by atoms with E-state index in [4.69, 9.17) is 0 Å². The number of nitrogens with one attached hydrogen (secondary N) is 2. The molecule has 0 bridgehead atoms. The Morgan fingerprint density at radius 3 is 2.62 bits per heavy atom. The van der Waals surface area contributed by atoms with Crippen molar-refractivity contribution >= 4 is 0 Å². The zero-order valence-corrected chi connectivity index (χ0v) is 9.14. The molecule has 2 unspecified atom stereocenters. The third-order valence-corrected chi connectivity index (χ3v) is 2.61. The van der Waals surface area contributed by atoms with Crippen molar-refractivity contribution in [3.05, 3.63) is 0 Å². The lowest BCUT2D eigenvalue weighted by Gasteiger charge is -2.32. The van der Waals surface area contributed by atoms with Crippen molar-refractivity contribution in [3.63, 3.8) is 0 Å². The number of piperidine rings is 1. The highest BCUT2D eigenvalue weighted by atomic mass is 15.1. The van der Waals surface area contributed by atoms with Crippen LogP contribution in [0.4, 0.5) is 0 Å². The summed E-state index contributed by atoms with van der Waals surface area (Å²) in [5.41, 5.74) is 0. The molecule has 13 heavy (non-hydrogen) atoms. The van der Waals surface area contributed by atoms with Gasteiger partial charge in [0.1, 0.15) is 0 Å². The van der Waals surface area contributed by atoms with E-state index < -0.39 is 0 Å². The van der Waals surface area contributed by atoms with Crippen molar-refractivity contribution in [2.45, 2.75) is 31.3 Å². The molecule has 3 heteroatoms. The Morgan fingerprint density at radius 1 is 1.31 bits per heavy atom. The first-order valence-corrected chi connectivity index (χ1v) is 5.27. The van der Waals surface area contributed by atoms with Gasteiger partial charge >= 0.3 is 0 Å². The van der Waals surface area contributed by atoms with E-state index in [1.807, 2.05) is 7.05 Å². The second-order valence-corrected chi connectivity index (χ2v) is 4.31. The van der Waals surface area contributed by atoms with Crippen molar-refractivity contribution < 1.29 is 0 Å². The lowest BCUT2D eigenvalue weighted by Crippen LogP contribution is -2.50. The lowest BCUT2D eigenvalue weighted by atomic mass is 9.98. The second-order valence-electron chi connectivity index (χ2n) is 4.31. The zero-order chi connectivity index (χ0) is 9.68. The third kappa shape index (κ3) is 4.07. The van der Waals surface area contributed by atoms with Gasteiger partial charge in [0.2, 0.25) is 0 Å². The monoisotopic (exact) mass is 185 g/mol. The van der Waals surface area contributed by atoms with Crippen LogP contribution in [0.15, 0.2) is 0 Å². The van der Waals surface area contributed by atoms with Gasteiger partial charge in [-0.05, 0) is 34.0 Å². The smallest absolute Gasteiger partial charge is 0.0197 e. The summed E-state index contributed by atoms with van der Waals surface area (Å²) in [4.78, 5) is 2.26. The van der Waals surface area contributed by atoms with Crippen LogP contribution in [-0.4, -0.2) is 51.2 Å². The molecule has 0 radical (unpaired) electrons. The minimum Gasteiger partial charge on any atom is -0.318 e. The fourth-order valence-electron chi connectivity index (χ4n) is 2.10. The third-order valence-electron chi connectivity index (χ3n) is 2.61. The first-order chi connectivity index (χ1) is 6.22. The molecule has 2 atom stereocenters. The van der Waals surface area contributed by atoms with Crippen LogP contribution < -0.4 is 10.6 Å². The number of likely N-dealkylation sites (N-methyl/N-ethyl adjacent to an activating group) is 2. The molecule has 0 saturated carbocycles. The van der Waals surface area contributed by atoms with E-state index in [2.05, 4.69) is 29.6 Å². The van der Waals surface area contributed by atoms with Gasteiger partial charge in [0, 0.05) is 25.2 Å². The van der Waals surface area contributed by atoms with E-state index in [1.54, 1.807) is 0 Å². The summed E-state index contributed by atoms with van der Waals surface area (Å²) in [6.07, 6.45) is 4.03. The summed E-state index contributed by atoms with van der Waals surface area (Å²) in [7, 11) is 6.31. The fraction of sp³-hybridized carbons (Fsp3) is 1.00. The highest BCUT2D eigenvalue weighted by Crippen LogP contribution is 2.12. The van der Waals surface area contributed by atoms with Crippen LogP contribution in [0.3, 0.4) is 0 Å². The van der Waals surface area contributed by atoms with E-state index in [1.165, 1.54) is 25.8 Å². The molecule has 1 fully saturated rings. The number of rotatable bonds is 4. The van der Waals surface area contributed by atoms with Gasteiger partial charge in [0.05, 0.1) is 0 Å². The summed E-state index contributed by atoms with van der Waals surface area (Å²) < 4.78 is 0. The van der Waals surface area contributed by atoms with E-state index in [0.717, 1.165) is 6.54 Å². The highest BCUT2D eigenvalue weighted by Gasteiger charge is 2.20. The molecular weight excluding hydrogens is 162 g/mol. The van der Waals surface area contributed by atoms with Gasteiger partial charge in [-0.3, -0.25) is 0 Å². The maximum atomic E-state index is 3.68. The molecule has 1 rings (SSSR count). The first-order valence-electron chi connectivity index (χ1n) is 5.27. The molecule has 2 N–H and O–H groups in total. The molecule has 1 heterocycles. The molecule has 1 aliphatic rings. The average Bonchev–Trinajstić information content (AvgIpc) is 2.04. The van der Waals surface area contributed by atoms with Crippen molar-refractivity contribution in [1.29, 1.82) is 0 Å². The van der Waals surface area contributed by atoms with E-state index in [9.17, 15) is 0 Å². The Balaban J connectivity index is 2.24. The van der Waals surface area contributed by atoms with E-state index >= 15 is 0 Å². The number of hydrogen-bond donors (Lipinski definition) is 2. The Morgan fingerprint density at radius 2 is 2.00 bits per heavy atom. The van der Waals surface area contributed by atoms with Gasteiger partial charge in [-0.2, -0.15) is 0 Å². The highest BCUT2D eigenvalue weighted by molar-refractivity contribution is 4.82. The normalized spacial score (nSPS) is 29.5. The fourth-order valence-corrected chi connectivity index (χ4v) is 2.10. The lowest BCUT2D eigenvalue weighted by molar-refractivity contribution is 0.257. The standard InChI is InChI=1S/C10H23N3/c1-11-7-9-5-4-6-10(12-9)8-13(2)3/h9-12H,4-8H2,1-3H3. The average molecular weight is 185 g/mol. The molecule has 1 aliphatic heterocycles. The van der Waals surface area contributed by atoms with Crippen molar-refractivity contribution in [1.82, 2.24) is 15.5 Å². The quantitative estimate of drug-likeness (QED) is 0.659. The van der Waals surface area contributed by atoms with E-state index in [-0.39, 0.29) is 0 Å². The topological polar surface area (TPSA) is 27.3 Å². The second kappa shape index (κ2) is 5.58. The van der Waals surface area contributed by atoms with Gasteiger partial charge in [0.15, 0.2) is 0 Å². The van der Waals surface area contributed by atoms with Crippen molar-refractivity contribution in [2.75, 3.05) is 34.2 Å². The van der Waals surface area contributed by atoms with E-state index in [0.29, 0.717) is 12.1 Å². The van der Waals surface area contributed by atoms with Crippen LogP contribution >= 0.6 is 0 Å². The molecule has 0 aliphatic carbocycles. The predicted octanol–water partition coefficient (Wildman–Crippen LogP) is 0.278. The number of nitrogens with zero attached hydrogens (tertiary/aromatic N) is 1. The predicted molar refractivity (Wildman–Crippen MR) is 57.0 cm³/mol. The molecular formula is C10H23N3. The van der Waals surface area contributed by atoms with Crippen molar-refractivity contribution in [3.8, 4) is 0 Å². The summed E-state index contributed by atoms with van der Waals surface area (Å²) in [5, 5.41) is 6.92. The summed E-state index contributed by atoms with van der Waals surface area (Å²) >= 11 is 0. The van der Waals surface area contributed by atoms with Crippen LogP contribution in [0.1, 0.15) is 19.3 Å². The van der Waals surface area contributed by atoms with Crippen LogP contribution in [0.5, 0.6) is 0 Å². The molecule has 0 amide bonds. The first kappa shape index (κ1) is 11.0. The largest absolute Gasteiger partial charge is 0.318 e. The minimum absolute atomic E-state index is 0.684. The Kier molecular flexibility index (Phi) is 4.70. The van der Waals surface area contributed by atoms with Gasteiger partial charge in [-0.1, -0.05) is 6.42 Å². The minimum atomic E-state index is 0.684. The molecule has 0 spiro atoms. The van der Waals surface area contributed by atoms with Gasteiger partial charge in [0.25, 0.3) is 0 Å². The molecule has 1 saturated heterocycles. The molecule has 0 aromatic rings. The van der Waals surface area contributed by atoms with Crippen LogP contribution in [-0.2, 0) is 0 Å². The Hall–Kier alpha value is -0.120. The SMILES string of the molecule is CNCC1CCCC(CN(C)C)N1. The maximum absolute atomic E-state index is 3.68. The number of hydrogen-bond acceptors (Lipinski definition) is 3. The van der Waals surface area contributed by atoms with Gasteiger partial charge < -0.3 is 15.5 Å². The molecule has 0 aromatic heterocycles. The van der Waals surface area contributed by atoms with Crippen LogP contribution in [0.2, 0.25) is 0 Å². The molecule has 0 aromatic carbocycles.